The van der Waals surface area contributed by atoms with E-state index >= 15 is 0 Å². The van der Waals surface area contributed by atoms with Gasteiger partial charge in [-0.15, -0.1) is 0 Å². The Kier molecular flexibility index (Phi) is 6.67. The third-order valence-electron chi connectivity index (χ3n) is 6.47. The van der Waals surface area contributed by atoms with Gasteiger partial charge in [0.25, 0.3) is 10.0 Å². The second kappa shape index (κ2) is 10.0. The average Bonchev–Trinajstić information content (AvgIpc) is 3.35. The van der Waals surface area contributed by atoms with Crippen molar-refractivity contribution < 1.29 is 23.1 Å². The molecule has 36 heavy (non-hydrogen) atoms. The van der Waals surface area contributed by atoms with E-state index in [0.717, 1.165) is 16.5 Å². The summed E-state index contributed by atoms with van der Waals surface area (Å²) >= 11 is 0. The zero-order valence-corrected chi connectivity index (χ0v) is 20.5. The Bertz CT molecular complexity index is 1460. The van der Waals surface area contributed by atoms with E-state index in [2.05, 4.69) is 4.90 Å². The molecule has 4 aromatic rings. The van der Waals surface area contributed by atoms with Gasteiger partial charge in [0.15, 0.2) is 0 Å². The van der Waals surface area contributed by atoms with Gasteiger partial charge in [0, 0.05) is 49.9 Å². The van der Waals surface area contributed by atoms with Gasteiger partial charge in [0.1, 0.15) is 12.4 Å². The van der Waals surface area contributed by atoms with Crippen LogP contribution >= 0.6 is 0 Å². The number of amides is 1. The summed E-state index contributed by atoms with van der Waals surface area (Å²) < 4.78 is 34.3. The van der Waals surface area contributed by atoms with Crippen LogP contribution in [-0.2, 0) is 23.2 Å². The van der Waals surface area contributed by atoms with Gasteiger partial charge in [-0.2, -0.15) is 0 Å². The van der Waals surface area contributed by atoms with Crippen molar-refractivity contribution in [2.75, 3.05) is 26.2 Å². The van der Waals surface area contributed by atoms with Gasteiger partial charge < -0.3 is 14.7 Å². The molecule has 5 rings (SSSR count). The molecule has 0 aliphatic carbocycles. The van der Waals surface area contributed by atoms with Gasteiger partial charge in [0.2, 0.25) is 0 Å². The Morgan fingerprint density at radius 1 is 0.861 bits per heavy atom. The minimum Gasteiger partial charge on any atom is -0.489 e. The average molecular weight is 506 g/mol. The molecule has 0 spiro atoms. The number of fused-ring (bicyclic) bond motifs is 1. The number of ether oxygens (including phenoxy) is 1. The highest BCUT2D eigenvalue weighted by Crippen LogP contribution is 2.33. The van der Waals surface area contributed by atoms with Crippen molar-refractivity contribution in [3.63, 3.8) is 0 Å². The van der Waals surface area contributed by atoms with Crippen LogP contribution in [-0.4, -0.2) is 59.6 Å². The summed E-state index contributed by atoms with van der Waals surface area (Å²) in [5.74, 6) is 0.682. The molecule has 1 aromatic heterocycles. The minimum atomic E-state index is -3.77. The van der Waals surface area contributed by atoms with Crippen molar-refractivity contribution >= 4 is 27.0 Å². The Balaban J connectivity index is 1.51. The molecular formula is C27H27N3O5S. The van der Waals surface area contributed by atoms with Crippen LogP contribution in [0.3, 0.4) is 0 Å². The van der Waals surface area contributed by atoms with E-state index in [0.29, 0.717) is 50.6 Å². The number of aromatic nitrogens is 1. The number of piperazine rings is 1. The van der Waals surface area contributed by atoms with Crippen molar-refractivity contribution in [2.24, 2.45) is 0 Å². The standard InChI is InChI=1S/C27H27N3O5S/c31-27(32)29-17-15-28(16-18-29)19-24-23-13-14-30(36(33,34)22-9-5-2-6-10-22)25(23)11-12-26(24)35-20-21-7-3-1-4-8-21/h1-14H,15-20H2,(H,31,32). The Morgan fingerprint density at radius 2 is 1.53 bits per heavy atom. The molecule has 1 saturated heterocycles. The summed E-state index contributed by atoms with van der Waals surface area (Å²) in [6.45, 7) is 2.93. The molecule has 1 N–H and O–H groups in total. The predicted octanol–water partition coefficient (Wildman–Crippen LogP) is 4.25. The first-order chi connectivity index (χ1) is 17.4. The Morgan fingerprint density at radius 3 is 2.19 bits per heavy atom. The van der Waals surface area contributed by atoms with Gasteiger partial charge in [0.05, 0.1) is 10.4 Å². The van der Waals surface area contributed by atoms with Crippen LogP contribution in [0.15, 0.2) is 90.0 Å². The monoisotopic (exact) mass is 505 g/mol. The summed E-state index contributed by atoms with van der Waals surface area (Å²) in [6, 6.07) is 23.6. The maximum atomic E-state index is 13.4. The molecule has 8 nitrogen and oxygen atoms in total. The second-order valence-electron chi connectivity index (χ2n) is 8.72. The van der Waals surface area contributed by atoms with E-state index in [4.69, 9.17) is 4.74 Å². The van der Waals surface area contributed by atoms with Crippen molar-refractivity contribution in [2.45, 2.75) is 18.0 Å². The number of carboxylic acid groups (broad SMARTS) is 1. The lowest BCUT2D eigenvalue weighted by molar-refractivity contribution is 0.102. The summed E-state index contributed by atoms with van der Waals surface area (Å²) in [5, 5.41) is 10.1. The zero-order valence-electron chi connectivity index (χ0n) is 19.7. The van der Waals surface area contributed by atoms with Crippen LogP contribution in [0, 0.1) is 0 Å². The minimum absolute atomic E-state index is 0.221. The van der Waals surface area contributed by atoms with Crippen LogP contribution in [0.1, 0.15) is 11.1 Å². The fourth-order valence-electron chi connectivity index (χ4n) is 4.50. The lowest BCUT2D eigenvalue weighted by Gasteiger charge is -2.33. The largest absolute Gasteiger partial charge is 0.489 e. The highest BCUT2D eigenvalue weighted by Gasteiger charge is 2.24. The first-order valence-electron chi connectivity index (χ1n) is 11.7. The molecule has 3 aromatic carbocycles. The topological polar surface area (TPSA) is 92.1 Å². The fraction of sp³-hybridized carbons (Fsp3) is 0.222. The number of hydrogen-bond donors (Lipinski definition) is 1. The van der Waals surface area contributed by atoms with E-state index in [1.165, 1.54) is 8.87 Å². The highest BCUT2D eigenvalue weighted by atomic mass is 32.2. The fourth-order valence-corrected chi connectivity index (χ4v) is 5.87. The first kappa shape index (κ1) is 23.9. The smallest absolute Gasteiger partial charge is 0.407 e. The molecule has 2 heterocycles. The molecule has 0 bridgehead atoms. The van der Waals surface area contributed by atoms with E-state index < -0.39 is 16.1 Å². The normalized spacial score (nSPS) is 14.7. The maximum Gasteiger partial charge on any atom is 0.407 e. The molecule has 1 fully saturated rings. The van der Waals surface area contributed by atoms with Gasteiger partial charge in [-0.3, -0.25) is 4.90 Å². The van der Waals surface area contributed by atoms with E-state index in [1.54, 1.807) is 42.6 Å². The number of carbonyl (C=O) groups is 1. The van der Waals surface area contributed by atoms with Crippen molar-refractivity contribution in [3.05, 3.63) is 96.2 Å². The van der Waals surface area contributed by atoms with Gasteiger partial charge in [-0.1, -0.05) is 48.5 Å². The summed E-state index contributed by atoms with van der Waals surface area (Å²) in [5.41, 5.74) is 2.49. The van der Waals surface area contributed by atoms with Crippen molar-refractivity contribution in [1.82, 2.24) is 13.8 Å². The van der Waals surface area contributed by atoms with E-state index in [-0.39, 0.29) is 4.90 Å². The van der Waals surface area contributed by atoms with Crippen LogP contribution in [0.5, 0.6) is 5.75 Å². The molecule has 0 saturated carbocycles. The van der Waals surface area contributed by atoms with E-state index in [9.17, 15) is 18.3 Å². The summed E-state index contributed by atoms with van der Waals surface area (Å²) in [6.07, 6.45) is 0.673. The maximum absolute atomic E-state index is 13.4. The molecule has 1 aliphatic rings. The van der Waals surface area contributed by atoms with E-state index in [1.807, 2.05) is 42.5 Å². The van der Waals surface area contributed by atoms with Crippen LogP contribution in [0.25, 0.3) is 10.9 Å². The van der Waals surface area contributed by atoms with Crippen molar-refractivity contribution in [3.8, 4) is 5.75 Å². The van der Waals surface area contributed by atoms with Crippen LogP contribution in [0.2, 0.25) is 0 Å². The molecule has 1 aliphatic heterocycles. The molecule has 0 atom stereocenters. The molecule has 0 radical (unpaired) electrons. The lowest BCUT2D eigenvalue weighted by atomic mass is 10.1. The number of hydrogen-bond acceptors (Lipinski definition) is 5. The Labute approximate surface area is 210 Å². The SMILES string of the molecule is O=C(O)N1CCN(Cc2c(OCc3ccccc3)ccc3c2ccn3S(=O)(=O)c2ccccc2)CC1. The molecule has 0 unspecified atom stereocenters. The molecule has 9 heteroatoms. The Hall–Kier alpha value is -3.82. The third kappa shape index (κ3) is 4.80. The lowest BCUT2D eigenvalue weighted by Crippen LogP contribution is -2.47. The van der Waals surface area contributed by atoms with Gasteiger partial charge >= 0.3 is 6.09 Å². The van der Waals surface area contributed by atoms with Gasteiger partial charge in [-0.05, 0) is 35.9 Å². The summed E-state index contributed by atoms with van der Waals surface area (Å²) in [4.78, 5) is 15.1. The van der Waals surface area contributed by atoms with Crippen molar-refractivity contribution in [1.29, 1.82) is 0 Å². The first-order valence-corrected chi connectivity index (χ1v) is 13.2. The molecule has 186 valence electrons. The number of rotatable bonds is 7. The quantitative estimate of drug-likeness (QED) is 0.404. The second-order valence-corrected chi connectivity index (χ2v) is 10.5. The molecular weight excluding hydrogens is 478 g/mol. The third-order valence-corrected chi connectivity index (χ3v) is 8.17. The number of nitrogens with zero attached hydrogens (tertiary/aromatic N) is 3. The zero-order chi connectivity index (χ0) is 25.1. The predicted molar refractivity (Wildman–Crippen MR) is 137 cm³/mol. The number of benzene rings is 3. The van der Waals surface area contributed by atoms with Crippen LogP contribution in [0.4, 0.5) is 4.79 Å². The molecule has 1 amide bonds. The van der Waals surface area contributed by atoms with Crippen LogP contribution < -0.4 is 4.74 Å². The highest BCUT2D eigenvalue weighted by molar-refractivity contribution is 7.90. The summed E-state index contributed by atoms with van der Waals surface area (Å²) in [7, 11) is -3.77. The van der Waals surface area contributed by atoms with Gasteiger partial charge in [-0.25, -0.2) is 17.2 Å².